The summed E-state index contributed by atoms with van der Waals surface area (Å²) in [6.45, 7) is 12.4. The summed E-state index contributed by atoms with van der Waals surface area (Å²) < 4.78 is 11.1. The summed E-state index contributed by atoms with van der Waals surface area (Å²) in [6, 6.07) is 0. The van der Waals surface area contributed by atoms with E-state index in [1.54, 1.807) is 0 Å². The number of ether oxygens (including phenoxy) is 2. The minimum Gasteiger partial charge on any atom is -0.379 e. The van der Waals surface area contributed by atoms with E-state index in [2.05, 4.69) is 4.90 Å². The molecule has 2 saturated heterocycles. The SMILES string of the molecule is CC(C)(C)C(=O)N1CCOC(CN2CCOCC2)C1. The van der Waals surface area contributed by atoms with Crippen molar-refractivity contribution in [2.45, 2.75) is 26.9 Å². The minimum absolute atomic E-state index is 0.137. The van der Waals surface area contributed by atoms with Gasteiger partial charge in [0.25, 0.3) is 0 Å². The Morgan fingerprint density at radius 1 is 1.16 bits per heavy atom. The second kappa shape index (κ2) is 6.20. The van der Waals surface area contributed by atoms with Gasteiger partial charge >= 0.3 is 0 Å². The number of morpholine rings is 2. The van der Waals surface area contributed by atoms with Gasteiger partial charge in [-0.15, -0.1) is 0 Å². The summed E-state index contributed by atoms with van der Waals surface area (Å²) in [4.78, 5) is 16.6. The maximum absolute atomic E-state index is 12.3. The third-order valence-corrected chi connectivity index (χ3v) is 3.63. The zero-order valence-corrected chi connectivity index (χ0v) is 12.4. The molecule has 1 atom stereocenters. The highest BCUT2D eigenvalue weighted by atomic mass is 16.5. The molecule has 1 amide bonds. The summed E-state index contributed by atoms with van der Waals surface area (Å²) in [5.74, 6) is 0.225. The number of hydrogen-bond donors (Lipinski definition) is 0. The van der Waals surface area contributed by atoms with Crippen LogP contribution < -0.4 is 0 Å². The Morgan fingerprint density at radius 3 is 2.47 bits per heavy atom. The number of carbonyl (C=O) groups is 1. The first-order valence-corrected chi connectivity index (χ1v) is 7.18. The molecule has 19 heavy (non-hydrogen) atoms. The quantitative estimate of drug-likeness (QED) is 0.736. The van der Waals surface area contributed by atoms with Gasteiger partial charge in [0.15, 0.2) is 0 Å². The number of nitrogens with zero attached hydrogens (tertiary/aromatic N) is 2. The molecule has 0 N–H and O–H groups in total. The first-order chi connectivity index (χ1) is 8.97. The van der Waals surface area contributed by atoms with Crippen LogP contribution in [-0.2, 0) is 14.3 Å². The van der Waals surface area contributed by atoms with Gasteiger partial charge in [-0.25, -0.2) is 0 Å². The molecule has 2 heterocycles. The van der Waals surface area contributed by atoms with Crippen LogP contribution >= 0.6 is 0 Å². The zero-order valence-electron chi connectivity index (χ0n) is 12.4. The largest absolute Gasteiger partial charge is 0.379 e. The first-order valence-electron chi connectivity index (χ1n) is 7.18. The van der Waals surface area contributed by atoms with Crippen LogP contribution in [0.5, 0.6) is 0 Å². The van der Waals surface area contributed by atoms with Crippen LogP contribution in [0.4, 0.5) is 0 Å². The highest BCUT2D eigenvalue weighted by Gasteiger charge is 2.32. The van der Waals surface area contributed by atoms with Crippen molar-refractivity contribution in [1.82, 2.24) is 9.80 Å². The maximum Gasteiger partial charge on any atom is 0.228 e. The van der Waals surface area contributed by atoms with Crippen molar-refractivity contribution in [3.8, 4) is 0 Å². The average molecular weight is 270 g/mol. The predicted molar refractivity (Wildman–Crippen MR) is 73.0 cm³/mol. The van der Waals surface area contributed by atoms with Crippen LogP contribution in [-0.4, -0.2) is 74.4 Å². The van der Waals surface area contributed by atoms with Crippen molar-refractivity contribution in [3.05, 3.63) is 0 Å². The Balaban J connectivity index is 1.84. The molecular weight excluding hydrogens is 244 g/mol. The van der Waals surface area contributed by atoms with Gasteiger partial charge in [0.2, 0.25) is 5.91 Å². The molecule has 2 aliphatic rings. The lowest BCUT2D eigenvalue weighted by atomic mass is 9.94. The number of rotatable bonds is 2. The lowest BCUT2D eigenvalue weighted by Crippen LogP contribution is -2.53. The normalized spacial score (nSPS) is 26.5. The van der Waals surface area contributed by atoms with E-state index in [-0.39, 0.29) is 17.4 Å². The monoisotopic (exact) mass is 270 g/mol. The molecule has 110 valence electrons. The molecule has 2 fully saturated rings. The summed E-state index contributed by atoms with van der Waals surface area (Å²) in [7, 11) is 0. The molecule has 2 rings (SSSR count). The summed E-state index contributed by atoms with van der Waals surface area (Å²) in [6.07, 6.45) is 0.137. The molecule has 5 nitrogen and oxygen atoms in total. The molecular formula is C14H26N2O3. The second-order valence-electron chi connectivity index (χ2n) is 6.41. The minimum atomic E-state index is -0.305. The number of amides is 1. The number of carbonyl (C=O) groups excluding carboxylic acids is 1. The van der Waals surface area contributed by atoms with Crippen LogP contribution in [0.15, 0.2) is 0 Å². The van der Waals surface area contributed by atoms with Gasteiger partial charge in [0.05, 0.1) is 25.9 Å². The van der Waals surface area contributed by atoms with Crippen LogP contribution in [0.1, 0.15) is 20.8 Å². The zero-order chi connectivity index (χ0) is 13.9. The first kappa shape index (κ1) is 14.8. The third-order valence-electron chi connectivity index (χ3n) is 3.63. The van der Waals surface area contributed by atoms with E-state index in [4.69, 9.17) is 9.47 Å². The van der Waals surface area contributed by atoms with Crippen molar-refractivity contribution in [2.24, 2.45) is 5.41 Å². The Labute approximate surface area is 115 Å². The summed E-state index contributed by atoms with van der Waals surface area (Å²) in [5.41, 5.74) is -0.305. The molecule has 0 saturated carbocycles. The van der Waals surface area contributed by atoms with E-state index in [1.165, 1.54) is 0 Å². The Morgan fingerprint density at radius 2 is 1.84 bits per heavy atom. The van der Waals surface area contributed by atoms with E-state index in [0.29, 0.717) is 13.2 Å². The molecule has 0 aliphatic carbocycles. The van der Waals surface area contributed by atoms with Gasteiger partial charge in [0, 0.05) is 38.1 Å². The predicted octanol–water partition coefficient (Wildman–Crippen LogP) is 0.592. The van der Waals surface area contributed by atoms with Gasteiger partial charge in [-0.3, -0.25) is 9.69 Å². The molecule has 0 aromatic carbocycles. The third kappa shape index (κ3) is 4.16. The smallest absolute Gasteiger partial charge is 0.228 e. The fourth-order valence-corrected chi connectivity index (χ4v) is 2.56. The topological polar surface area (TPSA) is 42.0 Å². The molecule has 0 bridgehead atoms. The van der Waals surface area contributed by atoms with Crippen LogP contribution in [0.3, 0.4) is 0 Å². The van der Waals surface area contributed by atoms with Crippen molar-refractivity contribution >= 4 is 5.91 Å². The molecule has 0 spiro atoms. The van der Waals surface area contributed by atoms with Crippen LogP contribution in [0.2, 0.25) is 0 Å². The van der Waals surface area contributed by atoms with Gasteiger partial charge in [-0.2, -0.15) is 0 Å². The highest BCUT2D eigenvalue weighted by molar-refractivity contribution is 5.81. The summed E-state index contributed by atoms with van der Waals surface area (Å²) >= 11 is 0. The lowest BCUT2D eigenvalue weighted by molar-refractivity contribution is -0.148. The fraction of sp³-hybridized carbons (Fsp3) is 0.929. The maximum atomic E-state index is 12.3. The van der Waals surface area contributed by atoms with Gasteiger partial charge in [0.1, 0.15) is 0 Å². The van der Waals surface area contributed by atoms with Crippen molar-refractivity contribution in [3.63, 3.8) is 0 Å². The molecule has 5 heteroatoms. The fourth-order valence-electron chi connectivity index (χ4n) is 2.56. The standard InChI is InChI=1S/C14H26N2O3/c1-14(2,3)13(17)16-6-9-19-12(11-16)10-15-4-7-18-8-5-15/h12H,4-11H2,1-3H3. The lowest BCUT2D eigenvalue weighted by Gasteiger charge is -2.38. The Kier molecular flexibility index (Phi) is 4.81. The summed E-state index contributed by atoms with van der Waals surface area (Å²) in [5, 5.41) is 0. The van der Waals surface area contributed by atoms with Crippen LogP contribution in [0, 0.1) is 5.41 Å². The average Bonchev–Trinajstić information content (AvgIpc) is 2.38. The Hall–Kier alpha value is -0.650. The van der Waals surface area contributed by atoms with Crippen molar-refractivity contribution < 1.29 is 14.3 Å². The van der Waals surface area contributed by atoms with Crippen molar-refractivity contribution in [2.75, 3.05) is 52.5 Å². The van der Waals surface area contributed by atoms with Gasteiger partial charge in [-0.05, 0) is 0 Å². The second-order valence-corrected chi connectivity index (χ2v) is 6.41. The van der Waals surface area contributed by atoms with E-state index in [1.807, 2.05) is 25.7 Å². The van der Waals surface area contributed by atoms with E-state index >= 15 is 0 Å². The molecule has 1 unspecified atom stereocenters. The van der Waals surface area contributed by atoms with E-state index < -0.39 is 0 Å². The Bertz CT molecular complexity index is 308. The molecule has 2 aliphatic heterocycles. The highest BCUT2D eigenvalue weighted by Crippen LogP contribution is 2.19. The van der Waals surface area contributed by atoms with E-state index in [9.17, 15) is 4.79 Å². The van der Waals surface area contributed by atoms with Crippen LogP contribution in [0.25, 0.3) is 0 Å². The van der Waals surface area contributed by atoms with Gasteiger partial charge < -0.3 is 14.4 Å². The van der Waals surface area contributed by atoms with Crippen molar-refractivity contribution in [1.29, 1.82) is 0 Å². The molecule has 0 radical (unpaired) electrons. The molecule has 0 aromatic heterocycles. The number of hydrogen-bond acceptors (Lipinski definition) is 4. The van der Waals surface area contributed by atoms with E-state index in [0.717, 1.165) is 39.4 Å². The molecule has 0 aromatic rings. The van der Waals surface area contributed by atoms with Gasteiger partial charge in [-0.1, -0.05) is 20.8 Å².